The Labute approximate surface area is 119 Å². The van der Waals surface area contributed by atoms with Crippen molar-refractivity contribution in [3.63, 3.8) is 0 Å². The molecule has 0 radical (unpaired) electrons. The molecule has 6 nitrogen and oxygen atoms in total. The summed E-state index contributed by atoms with van der Waals surface area (Å²) in [6.07, 6.45) is 5.11. The molecule has 0 spiro atoms. The molecule has 0 amide bonds. The molecule has 0 saturated heterocycles. The Balaban J connectivity index is 2.13. The van der Waals surface area contributed by atoms with Gasteiger partial charge in [-0.3, -0.25) is 14.8 Å². The lowest BCUT2D eigenvalue weighted by molar-refractivity contribution is 1.03. The summed E-state index contributed by atoms with van der Waals surface area (Å²) in [7, 11) is 0. The zero-order chi connectivity index (χ0) is 14.1. The molecule has 7 heteroatoms. The Morgan fingerprint density at radius 3 is 2.90 bits per heavy atom. The molecule has 0 aromatic carbocycles. The standard InChI is InChI=1S/C13H10ClN5O/c14-8-3-7(5-16-6-8)11-10(4-15)12(20)19-13(18-11)17-9-1-2-9/h3,5-6,9H,1-2H2,(H2,17,18,19,20). The van der Waals surface area contributed by atoms with Gasteiger partial charge in [0.1, 0.15) is 11.6 Å². The van der Waals surface area contributed by atoms with Gasteiger partial charge in [0.05, 0.1) is 10.7 Å². The number of pyridine rings is 1. The van der Waals surface area contributed by atoms with Crippen LogP contribution in [0.15, 0.2) is 23.3 Å². The molecule has 2 heterocycles. The van der Waals surface area contributed by atoms with Crippen molar-refractivity contribution >= 4 is 17.5 Å². The summed E-state index contributed by atoms with van der Waals surface area (Å²) in [4.78, 5) is 22.8. The third-order valence-electron chi connectivity index (χ3n) is 2.93. The first-order valence-electron chi connectivity index (χ1n) is 6.09. The second kappa shape index (κ2) is 4.94. The number of halogens is 1. The van der Waals surface area contributed by atoms with Crippen molar-refractivity contribution in [1.82, 2.24) is 15.0 Å². The first kappa shape index (κ1) is 12.6. The van der Waals surface area contributed by atoms with Crippen molar-refractivity contribution in [1.29, 1.82) is 5.26 Å². The van der Waals surface area contributed by atoms with Gasteiger partial charge < -0.3 is 5.32 Å². The van der Waals surface area contributed by atoms with Gasteiger partial charge in [0.2, 0.25) is 5.95 Å². The van der Waals surface area contributed by atoms with Crippen molar-refractivity contribution in [3.05, 3.63) is 39.4 Å². The monoisotopic (exact) mass is 287 g/mol. The van der Waals surface area contributed by atoms with Gasteiger partial charge in [-0.25, -0.2) is 4.98 Å². The van der Waals surface area contributed by atoms with Crippen LogP contribution in [-0.4, -0.2) is 21.0 Å². The topological polar surface area (TPSA) is 94.5 Å². The number of anilines is 1. The van der Waals surface area contributed by atoms with E-state index in [0.717, 1.165) is 12.8 Å². The molecule has 0 aliphatic heterocycles. The van der Waals surface area contributed by atoms with Crippen LogP contribution in [0.25, 0.3) is 11.3 Å². The number of nitrogens with one attached hydrogen (secondary N) is 2. The highest BCUT2D eigenvalue weighted by molar-refractivity contribution is 6.30. The Kier molecular flexibility index (Phi) is 3.12. The highest BCUT2D eigenvalue weighted by Gasteiger charge is 2.23. The number of hydrogen-bond acceptors (Lipinski definition) is 5. The van der Waals surface area contributed by atoms with Gasteiger partial charge in [0, 0.05) is 24.0 Å². The Hall–Kier alpha value is -2.39. The first-order chi connectivity index (χ1) is 9.67. The number of aromatic nitrogens is 3. The summed E-state index contributed by atoms with van der Waals surface area (Å²) in [6, 6.07) is 3.84. The van der Waals surface area contributed by atoms with Crippen LogP contribution in [-0.2, 0) is 0 Å². The largest absolute Gasteiger partial charge is 0.353 e. The van der Waals surface area contributed by atoms with Gasteiger partial charge in [0.25, 0.3) is 5.56 Å². The number of aromatic amines is 1. The molecule has 2 aromatic rings. The van der Waals surface area contributed by atoms with E-state index in [4.69, 9.17) is 16.9 Å². The quantitative estimate of drug-likeness (QED) is 0.899. The van der Waals surface area contributed by atoms with E-state index in [9.17, 15) is 4.79 Å². The molecule has 2 N–H and O–H groups in total. The van der Waals surface area contributed by atoms with E-state index in [-0.39, 0.29) is 11.3 Å². The Morgan fingerprint density at radius 1 is 1.45 bits per heavy atom. The minimum Gasteiger partial charge on any atom is -0.353 e. The number of H-pyrrole nitrogens is 1. The lowest BCUT2D eigenvalue weighted by atomic mass is 10.1. The highest BCUT2D eigenvalue weighted by Crippen LogP contribution is 2.25. The predicted molar refractivity (Wildman–Crippen MR) is 74.5 cm³/mol. The van der Waals surface area contributed by atoms with Crippen LogP contribution in [0.5, 0.6) is 0 Å². The van der Waals surface area contributed by atoms with Crippen molar-refractivity contribution in [2.24, 2.45) is 0 Å². The third-order valence-corrected chi connectivity index (χ3v) is 3.13. The van der Waals surface area contributed by atoms with Gasteiger partial charge in [0.15, 0.2) is 0 Å². The second-order valence-electron chi connectivity index (χ2n) is 4.56. The van der Waals surface area contributed by atoms with Gasteiger partial charge in [-0.1, -0.05) is 11.6 Å². The Bertz CT molecular complexity index is 760. The maximum atomic E-state index is 11.9. The van der Waals surface area contributed by atoms with E-state index in [1.807, 2.05) is 6.07 Å². The van der Waals surface area contributed by atoms with E-state index in [1.165, 1.54) is 12.4 Å². The fourth-order valence-electron chi connectivity index (χ4n) is 1.82. The number of rotatable bonds is 3. The number of nitrogens with zero attached hydrogens (tertiary/aromatic N) is 3. The minimum absolute atomic E-state index is 0.0459. The number of nitriles is 1. The molecule has 1 saturated carbocycles. The van der Waals surface area contributed by atoms with E-state index in [1.54, 1.807) is 6.07 Å². The van der Waals surface area contributed by atoms with Crippen LogP contribution in [0.3, 0.4) is 0 Å². The molecule has 100 valence electrons. The normalized spacial score (nSPS) is 13.8. The molecule has 1 aliphatic rings. The molecule has 20 heavy (non-hydrogen) atoms. The highest BCUT2D eigenvalue weighted by atomic mass is 35.5. The fraction of sp³-hybridized carbons (Fsp3) is 0.231. The summed E-state index contributed by atoms with van der Waals surface area (Å²) in [5, 5.41) is 12.7. The van der Waals surface area contributed by atoms with Gasteiger partial charge in [-0.15, -0.1) is 0 Å². The maximum absolute atomic E-state index is 11.9. The summed E-state index contributed by atoms with van der Waals surface area (Å²) < 4.78 is 0. The molecule has 2 aromatic heterocycles. The zero-order valence-electron chi connectivity index (χ0n) is 10.4. The summed E-state index contributed by atoms with van der Waals surface area (Å²) in [6.45, 7) is 0. The van der Waals surface area contributed by atoms with Crippen LogP contribution in [0, 0.1) is 11.3 Å². The van der Waals surface area contributed by atoms with Crippen molar-refractivity contribution in [2.75, 3.05) is 5.32 Å². The van der Waals surface area contributed by atoms with E-state index < -0.39 is 5.56 Å². The smallest absolute Gasteiger partial charge is 0.270 e. The number of hydrogen-bond donors (Lipinski definition) is 2. The summed E-state index contributed by atoms with van der Waals surface area (Å²) in [5.41, 5.74) is 0.310. The molecule has 3 rings (SSSR count). The predicted octanol–water partition coefficient (Wildman–Crippen LogP) is 1.93. The van der Waals surface area contributed by atoms with Crippen LogP contribution in [0.2, 0.25) is 5.02 Å². The van der Waals surface area contributed by atoms with E-state index in [0.29, 0.717) is 22.6 Å². The lowest BCUT2D eigenvalue weighted by Crippen LogP contribution is -2.18. The van der Waals surface area contributed by atoms with Gasteiger partial charge >= 0.3 is 0 Å². The summed E-state index contributed by atoms with van der Waals surface area (Å²) >= 11 is 5.89. The average Bonchev–Trinajstić information content (AvgIpc) is 3.22. The molecule has 0 unspecified atom stereocenters. The molecular formula is C13H10ClN5O. The maximum Gasteiger partial charge on any atom is 0.270 e. The molecule has 0 bridgehead atoms. The van der Waals surface area contributed by atoms with Gasteiger partial charge in [-0.2, -0.15) is 5.26 Å². The van der Waals surface area contributed by atoms with Crippen LogP contribution in [0.4, 0.5) is 5.95 Å². The average molecular weight is 288 g/mol. The molecule has 1 fully saturated rings. The first-order valence-corrected chi connectivity index (χ1v) is 6.47. The van der Waals surface area contributed by atoms with Crippen molar-refractivity contribution < 1.29 is 0 Å². The molecule has 1 aliphatic carbocycles. The van der Waals surface area contributed by atoms with Crippen LogP contribution in [0.1, 0.15) is 18.4 Å². The minimum atomic E-state index is -0.472. The molecular weight excluding hydrogens is 278 g/mol. The summed E-state index contributed by atoms with van der Waals surface area (Å²) in [5.74, 6) is 0.367. The van der Waals surface area contributed by atoms with Crippen molar-refractivity contribution in [3.8, 4) is 17.3 Å². The second-order valence-corrected chi connectivity index (χ2v) is 5.00. The fourth-order valence-corrected chi connectivity index (χ4v) is 1.99. The SMILES string of the molecule is N#Cc1c(-c2cncc(Cl)c2)nc(NC2CC2)[nH]c1=O. The Morgan fingerprint density at radius 2 is 2.25 bits per heavy atom. The van der Waals surface area contributed by atoms with Gasteiger partial charge in [-0.05, 0) is 18.9 Å². The van der Waals surface area contributed by atoms with Crippen molar-refractivity contribution in [2.45, 2.75) is 18.9 Å². The van der Waals surface area contributed by atoms with Crippen LogP contribution >= 0.6 is 11.6 Å². The third kappa shape index (κ3) is 2.49. The van der Waals surface area contributed by atoms with Crippen LogP contribution < -0.4 is 10.9 Å². The van der Waals surface area contributed by atoms with E-state index in [2.05, 4.69) is 20.3 Å². The lowest BCUT2D eigenvalue weighted by Gasteiger charge is -2.07. The van der Waals surface area contributed by atoms with E-state index >= 15 is 0 Å². The zero-order valence-corrected chi connectivity index (χ0v) is 11.1. The molecule has 0 atom stereocenters.